The Bertz CT molecular complexity index is 1720. The number of aromatic amines is 1. The number of aromatic nitrogens is 3. The molecule has 3 amide bonds. The van der Waals surface area contributed by atoms with E-state index in [0.29, 0.717) is 29.7 Å². The van der Waals surface area contributed by atoms with Crippen LogP contribution in [0.1, 0.15) is 23.1 Å². The minimum absolute atomic E-state index is 0.0126. The smallest absolute Gasteiger partial charge is 0.347 e. The van der Waals surface area contributed by atoms with Crippen LogP contribution in [0.3, 0.4) is 0 Å². The average Bonchev–Trinajstić information content (AvgIpc) is 3.53. The van der Waals surface area contributed by atoms with Crippen molar-refractivity contribution in [2.24, 2.45) is 10.9 Å². The van der Waals surface area contributed by atoms with Crippen molar-refractivity contribution in [2.75, 3.05) is 11.5 Å². The molecule has 0 bridgehead atoms. The predicted octanol–water partition coefficient (Wildman–Crippen LogP) is -0.00670. The van der Waals surface area contributed by atoms with Crippen LogP contribution < -0.4 is 21.4 Å². The number of aldehydes is 1. The lowest BCUT2D eigenvalue weighted by molar-refractivity contribution is -0.687. The molecule has 2 aliphatic heterocycles. The Morgan fingerprint density at radius 2 is 2.21 bits per heavy atom. The van der Waals surface area contributed by atoms with Crippen molar-refractivity contribution in [3.05, 3.63) is 51.5 Å². The standard InChI is InChI=1S/C24H21ClN8O7S2/c1-9(23(38)39)40-31-16(15-18(25)42-24(27)30-15)20(36)29-17-21(37)33-14(7-34)11(8-41-22(17)33)6-32-3-2-12-10(5-32)4-13(28-12)19(26)35/h2-5,7,9,17,22H,6,8H2,1H3,(H6,26,27,29,30,35,36,38,39)/p+1/b31-16-/t9-,17?,22?/m0/s1. The Morgan fingerprint density at radius 1 is 1.45 bits per heavy atom. The van der Waals surface area contributed by atoms with Gasteiger partial charge >= 0.3 is 5.97 Å². The number of carbonyl (C=O) groups is 5. The number of nitrogens with one attached hydrogen (secondary N) is 2. The molecule has 3 atom stereocenters. The number of nitrogen functional groups attached to an aromatic ring is 1. The van der Waals surface area contributed by atoms with Gasteiger partial charge in [0.2, 0.25) is 6.10 Å². The summed E-state index contributed by atoms with van der Waals surface area (Å²) >= 11 is 8.37. The van der Waals surface area contributed by atoms with E-state index in [1.165, 1.54) is 23.6 Å². The van der Waals surface area contributed by atoms with Crippen LogP contribution in [0.15, 0.2) is 41.0 Å². The molecule has 218 valence electrons. The van der Waals surface area contributed by atoms with Crippen LogP contribution in [0.2, 0.25) is 4.34 Å². The number of carbonyl (C=O) groups excluding carboxylic acids is 4. The van der Waals surface area contributed by atoms with E-state index in [1.807, 2.05) is 4.57 Å². The summed E-state index contributed by atoms with van der Waals surface area (Å²) in [5, 5.41) is 15.5. The van der Waals surface area contributed by atoms with Gasteiger partial charge in [-0.1, -0.05) is 28.1 Å². The fraction of sp³-hybridized carbons (Fsp3) is 0.250. The number of fused-ring (bicyclic) bond motifs is 2. The molecule has 0 spiro atoms. The van der Waals surface area contributed by atoms with Crippen molar-refractivity contribution >= 4 is 86.4 Å². The van der Waals surface area contributed by atoms with E-state index in [-0.39, 0.29) is 26.6 Å². The quantitative estimate of drug-likeness (QED) is 0.0659. The van der Waals surface area contributed by atoms with Crippen LogP contribution in [0, 0.1) is 0 Å². The van der Waals surface area contributed by atoms with Crippen molar-refractivity contribution in [3.63, 3.8) is 0 Å². The summed E-state index contributed by atoms with van der Waals surface area (Å²) in [6, 6.07) is 2.37. The molecule has 0 aromatic carbocycles. The fourth-order valence-electron chi connectivity index (χ4n) is 4.34. The molecule has 18 heteroatoms. The summed E-state index contributed by atoms with van der Waals surface area (Å²) in [4.78, 5) is 74.3. The molecule has 2 unspecified atom stereocenters. The number of carboxylic acids is 1. The molecule has 15 nitrogen and oxygen atoms in total. The zero-order valence-electron chi connectivity index (χ0n) is 21.6. The van der Waals surface area contributed by atoms with Crippen LogP contribution in [0.25, 0.3) is 10.9 Å². The molecule has 3 aromatic rings. The van der Waals surface area contributed by atoms with Crippen LogP contribution in [-0.4, -0.2) is 78.9 Å². The topological polar surface area (TPSA) is 227 Å². The number of hydrogen-bond acceptors (Lipinski definition) is 11. The molecule has 2 aliphatic rings. The number of oxime groups is 1. The SMILES string of the molecule is C[C@H](O/N=C(\C(=O)NC1C(=O)N2C(C=O)=C(C[n+]3ccc4[nH]c(C(N)=O)cc4c3)CSC12)c1nc(N)sc1Cl)C(=O)O. The number of nitrogens with two attached hydrogens (primary N) is 2. The molecule has 42 heavy (non-hydrogen) atoms. The van der Waals surface area contributed by atoms with E-state index in [2.05, 4.69) is 20.4 Å². The van der Waals surface area contributed by atoms with Gasteiger partial charge in [-0.3, -0.25) is 24.1 Å². The number of thiazole rings is 1. The molecule has 0 saturated carbocycles. The molecule has 3 aromatic heterocycles. The maximum atomic E-state index is 13.2. The molecule has 0 aliphatic carbocycles. The highest BCUT2D eigenvalue weighted by atomic mass is 35.5. The number of H-pyrrole nitrogens is 1. The van der Waals surface area contributed by atoms with Gasteiger partial charge in [0, 0.05) is 17.4 Å². The molecular formula is C24H22ClN8O7S2+. The van der Waals surface area contributed by atoms with Gasteiger partial charge in [0.25, 0.3) is 17.7 Å². The summed E-state index contributed by atoms with van der Waals surface area (Å²) in [6.45, 7) is 1.50. The van der Waals surface area contributed by atoms with Crippen molar-refractivity contribution in [1.82, 2.24) is 20.2 Å². The third-order valence-electron chi connectivity index (χ3n) is 6.44. The van der Waals surface area contributed by atoms with Gasteiger partial charge in [0.05, 0.1) is 16.6 Å². The van der Waals surface area contributed by atoms with E-state index in [1.54, 1.807) is 24.5 Å². The Morgan fingerprint density at radius 3 is 2.86 bits per heavy atom. The van der Waals surface area contributed by atoms with Crippen LogP contribution >= 0.6 is 34.7 Å². The lowest BCUT2D eigenvalue weighted by Gasteiger charge is -2.49. The Balaban J connectivity index is 1.34. The lowest BCUT2D eigenvalue weighted by Crippen LogP contribution is -2.70. The monoisotopic (exact) mass is 633 g/mol. The highest BCUT2D eigenvalue weighted by Gasteiger charge is 2.53. The van der Waals surface area contributed by atoms with Gasteiger partial charge in [-0.2, -0.15) is 0 Å². The maximum Gasteiger partial charge on any atom is 0.347 e. The van der Waals surface area contributed by atoms with E-state index in [0.717, 1.165) is 16.7 Å². The number of rotatable bonds is 10. The van der Waals surface area contributed by atoms with Gasteiger partial charge in [-0.05, 0) is 13.0 Å². The highest BCUT2D eigenvalue weighted by molar-refractivity contribution is 8.00. The first-order chi connectivity index (χ1) is 20.0. The number of carboxylic acid groups (broad SMARTS) is 1. The van der Waals surface area contributed by atoms with Crippen molar-refractivity contribution in [1.29, 1.82) is 0 Å². The fourth-order valence-corrected chi connectivity index (χ4v) is 6.62. The number of pyridine rings is 1. The van der Waals surface area contributed by atoms with Gasteiger partial charge in [-0.15, -0.1) is 11.8 Å². The number of halogens is 1. The largest absolute Gasteiger partial charge is 0.478 e. The molecule has 5 rings (SSSR count). The average molecular weight is 634 g/mol. The number of allylic oxidation sites excluding steroid dienone is 1. The minimum Gasteiger partial charge on any atom is -0.478 e. The number of β-lactam (4-membered cyclic amide) rings is 1. The lowest BCUT2D eigenvalue weighted by atomic mass is 10.0. The zero-order chi connectivity index (χ0) is 30.3. The maximum absolute atomic E-state index is 13.2. The van der Waals surface area contributed by atoms with Crippen molar-refractivity contribution in [2.45, 2.75) is 31.0 Å². The van der Waals surface area contributed by atoms with Gasteiger partial charge in [0.1, 0.15) is 27.1 Å². The van der Waals surface area contributed by atoms with Gasteiger partial charge < -0.3 is 31.7 Å². The van der Waals surface area contributed by atoms with Crippen molar-refractivity contribution < 1.29 is 38.5 Å². The molecule has 5 heterocycles. The molecule has 1 fully saturated rings. The first-order valence-electron chi connectivity index (χ1n) is 12.1. The summed E-state index contributed by atoms with van der Waals surface area (Å²) < 4.78 is 1.83. The van der Waals surface area contributed by atoms with Gasteiger partial charge in [0.15, 0.2) is 36.1 Å². The van der Waals surface area contributed by atoms with Crippen molar-refractivity contribution in [3.8, 4) is 0 Å². The third-order valence-corrected chi connectivity index (χ3v) is 8.86. The third kappa shape index (κ3) is 5.40. The molecule has 0 radical (unpaired) electrons. The number of hydrogen-bond donors (Lipinski definition) is 5. The Hall–Kier alpha value is -4.48. The molecule has 1 saturated heterocycles. The second kappa shape index (κ2) is 11.4. The first-order valence-corrected chi connectivity index (χ1v) is 14.4. The Labute approximate surface area is 249 Å². The Kier molecular flexibility index (Phi) is 7.89. The summed E-state index contributed by atoms with van der Waals surface area (Å²) in [5.41, 5.74) is 12.3. The number of primary amides is 1. The van der Waals surface area contributed by atoms with E-state index in [4.69, 9.17) is 33.0 Å². The van der Waals surface area contributed by atoms with E-state index >= 15 is 0 Å². The van der Waals surface area contributed by atoms with Gasteiger partial charge in [-0.25, -0.2) is 14.3 Å². The minimum atomic E-state index is -1.39. The highest BCUT2D eigenvalue weighted by Crippen LogP contribution is 2.39. The first kappa shape index (κ1) is 29.0. The summed E-state index contributed by atoms with van der Waals surface area (Å²) in [6.07, 6.45) is 2.76. The number of nitrogens with zero attached hydrogens (tertiary/aromatic N) is 4. The predicted molar refractivity (Wildman–Crippen MR) is 151 cm³/mol. The summed E-state index contributed by atoms with van der Waals surface area (Å²) in [7, 11) is 0. The number of anilines is 1. The second-order valence-electron chi connectivity index (χ2n) is 9.20. The summed E-state index contributed by atoms with van der Waals surface area (Å²) in [5.74, 6) is -2.95. The number of amides is 3. The van der Waals surface area contributed by atoms with Crippen LogP contribution in [0.5, 0.6) is 0 Å². The van der Waals surface area contributed by atoms with E-state index in [9.17, 15) is 24.0 Å². The number of thioether (sulfide) groups is 1. The zero-order valence-corrected chi connectivity index (χ0v) is 24.0. The number of aliphatic carboxylic acids is 1. The second-order valence-corrected chi connectivity index (χ2v) is 11.9. The van der Waals surface area contributed by atoms with Crippen LogP contribution in [0.4, 0.5) is 5.13 Å². The van der Waals surface area contributed by atoms with Crippen LogP contribution in [-0.2, 0) is 30.6 Å². The molecule has 7 N–H and O–H groups in total. The molecular weight excluding hydrogens is 612 g/mol. The normalized spacial score (nSPS) is 19.2. The van der Waals surface area contributed by atoms with E-state index < -0.39 is 46.9 Å².